The van der Waals surface area contributed by atoms with Crippen LogP contribution in [0.3, 0.4) is 0 Å². The van der Waals surface area contributed by atoms with Crippen LogP contribution in [0.4, 0.5) is 0 Å². The van der Waals surface area contributed by atoms with Gasteiger partial charge in [-0.05, 0) is 31.0 Å². The number of nitrogens with zero attached hydrogens (tertiary/aromatic N) is 1. The molecular weight excluding hydrogens is 282 g/mol. The van der Waals surface area contributed by atoms with Crippen molar-refractivity contribution in [2.75, 3.05) is 27.3 Å². The summed E-state index contributed by atoms with van der Waals surface area (Å²) in [6.07, 6.45) is 0. The van der Waals surface area contributed by atoms with Gasteiger partial charge < -0.3 is 9.84 Å². The van der Waals surface area contributed by atoms with Crippen molar-refractivity contribution in [2.45, 2.75) is 18.7 Å². The molecule has 0 aliphatic heterocycles. The van der Waals surface area contributed by atoms with Crippen molar-refractivity contribution in [1.29, 1.82) is 0 Å². The summed E-state index contributed by atoms with van der Waals surface area (Å²) in [6.45, 7) is 3.76. The molecule has 0 fully saturated rings. The molecule has 0 unspecified atom stereocenters. The van der Waals surface area contributed by atoms with Gasteiger partial charge >= 0.3 is 5.97 Å². The smallest absolute Gasteiger partial charge is 0.335 e. The number of benzene rings is 1. The molecule has 6 nitrogen and oxygen atoms in total. The normalized spacial score (nSPS) is 11.8. The zero-order valence-electron chi connectivity index (χ0n) is 12.0. The summed E-state index contributed by atoms with van der Waals surface area (Å²) < 4.78 is 30.9. The molecule has 0 atom stereocenters. The lowest BCUT2D eigenvalue weighted by molar-refractivity contribution is 0.0696. The molecule has 0 radical (unpaired) electrons. The Kier molecular flexibility index (Phi) is 5.27. The van der Waals surface area contributed by atoms with E-state index in [-0.39, 0.29) is 23.6 Å². The van der Waals surface area contributed by atoms with E-state index in [9.17, 15) is 13.2 Å². The molecule has 0 aromatic heterocycles. The summed E-state index contributed by atoms with van der Waals surface area (Å²) in [5.74, 6) is -1.14. The molecule has 0 saturated heterocycles. The number of rotatable bonds is 6. The third kappa shape index (κ3) is 3.36. The maximum atomic E-state index is 12.4. The summed E-state index contributed by atoms with van der Waals surface area (Å²) in [5.41, 5.74) is 1.06. The van der Waals surface area contributed by atoms with E-state index in [0.717, 1.165) is 4.31 Å². The molecule has 20 heavy (non-hydrogen) atoms. The van der Waals surface area contributed by atoms with Crippen LogP contribution in [0.5, 0.6) is 0 Å². The fourth-order valence-corrected chi connectivity index (χ4v) is 3.23. The second-order valence-corrected chi connectivity index (χ2v) is 6.57. The summed E-state index contributed by atoms with van der Waals surface area (Å²) in [4.78, 5) is 11.1. The van der Waals surface area contributed by atoms with Crippen LogP contribution in [0, 0.1) is 13.8 Å². The lowest BCUT2D eigenvalue weighted by Crippen LogP contribution is -2.30. The van der Waals surface area contributed by atoms with Gasteiger partial charge in [-0.25, -0.2) is 13.2 Å². The molecule has 7 heteroatoms. The average Bonchev–Trinajstić information content (AvgIpc) is 2.34. The van der Waals surface area contributed by atoms with Crippen molar-refractivity contribution < 1.29 is 23.1 Å². The SMILES string of the molecule is COCCN(C)S(=O)(=O)c1cc(C(=O)O)c(C)cc1C. The van der Waals surface area contributed by atoms with E-state index < -0.39 is 16.0 Å². The minimum atomic E-state index is -3.72. The first kappa shape index (κ1) is 16.6. The van der Waals surface area contributed by atoms with E-state index in [1.54, 1.807) is 19.9 Å². The topological polar surface area (TPSA) is 83.9 Å². The number of hydrogen-bond donors (Lipinski definition) is 1. The van der Waals surface area contributed by atoms with Crippen LogP contribution >= 0.6 is 0 Å². The van der Waals surface area contributed by atoms with Crippen molar-refractivity contribution >= 4 is 16.0 Å². The third-order valence-corrected chi connectivity index (χ3v) is 5.05. The standard InChI is InChI=1S/C13H19NO5S/c1-9-7-10(2)12(8-11(9)13(15)16)20(17,18)14(3)5-6-19-4/h7-8H,5-6H2,1-4H3,(H,15,16). The molecule has 112 valence electrons. The number of carboxylic acid groups (broad SMARTS) is 1. The fourth-order valence-electron chi connectivity index (χ4n) is 1.85. The van der Waals surface area contributed by atoms with Gasteiger partial charge in [0.05, 0.1) is 17.1 Å². The second-order valence-electron chi connectivity index (χ2n) is 4.56. The Morgan fingerprint density at radius 2 is 1.90 bits per heavy atom. The zero-order chi connectivity index (χ0) is 15.5. The van der Waals surface area contributed by atoms with E-state index in [0.29, 0.717) is 11.1 Å². The molecule has 0 amide bonds. The van der Waals surface area contributed by atoms with E-state index in [1.807, 2.05) is 0 Å². The molecule has 0 spiro atoms. The Hall–Kier alpha value is -1.44. The van der Waals surface area contributed by atoms with Gasteiger partial charge in [0, 0.05) is 20.7 Å². The van der Waals surface area contributed by atoms with Gasteiger partial charge in [0.1, 0.15) is 0 Å². The summed E-state index contributed by atoms with van der Waals surface area (Å²) >= 11 is 0. The number of carboxylic acids is 1. The molecule has 0 saturated carbocycles. The number of sulfonamides is 1. The predicted molar refractivity (Wildman–Crippen MR) is 74.6 cm³/mol. The lowest BCUT2D eigenvalue weighted by atomic mass is 10.1. The number of methoxy groups -OCH3 is 1. The predicted octanol–water partition coefficient (Wildman–Crippen LogP) is 1.27. The lowest BCUT2D eigenvalue weighted by Gasteiger charge is -2.19. The van der Waals surface area contributed by atoms with E-state index in [2.05, 4.69) is 0 Å². The number of hydrogen-bond acceptors (Lipinski definition) is 4. The van der Waals surface area contributed by atoms with Gasteiger partial charge in [0.2, 0.25) is 10.0 Å². The highest BCUT2D eigenvalue weighted by Gasteiger charge is 2.24. The number of carbonyl (C=O) groups is 1. The number of aryl methyl sites for hydroxylation is 2. The average molecular weight is 301 g/mol. The molecule has 0 bridgehead atoms. The Morgan fingerprint density at radius 1 is 1.30 bits per heavy atom. The highest BCUT2D eigenvalue weighted by molar-refractivity contribution is 7.89. The van der Waals surface area contributed by atoms with Crippen molar-refractivity contribution in [3.63, 3.8) is 0 Å². The van der Waals surface area contributed by atoms with Crippen LogP contribution in [0.1, 0.15) is 21.5 Å². The number of aromatic carboxylic acids is 1. The quantitative estimate of drug-likeness (QED) is 0.855. The molecule has 1 aromatic rings. The van der Waals surface area contributed by atoms with Crippen molar-refractivity contribution in [3.8, 4) is 0 Å². The summed E-state index contributed by atoms with van der Waals surface area (Å²) in [6, 6.07) is 2.78. The minimum Gasteiger partial charge on any atom is -0.478 e. The third-order valence-electron chi connectivity index (χ3n) is 3.05. The molecule has 0 heterocycles. The molecule has 1 rings (SSSR count). The van der Waals surface area contributed by atoms with Crippen LogP contribution in [0.2, 0.25) is 0 Å². The maximum Gasteiger partial charge on any atom is 0.335 e. The van der Waals surface area contributed by atoms with Gasteiger partial charge in [0.15, 0.2) is 0 Å². The van der Waals surface area contributed by atoms with E-state index in [4.69, 9.17) is 9.84 Å². The van der Waals surface area contributed by atoms with E-state index >= 15 is 0 Å². The molecule has 1 aromatic carbocycles. The van der Waals surface area contributed by atoms with Gasteiger partial charge in [-0.15, -0.1) is 0 Å². The van der Waals surface area contributed by atoms with Gasteiger partial charge in [-0.3, -0.25) is 0 Å². The zero-order valence-corrected chi connectivity index (χ0v) is 12.8. The Balaban J connectivity index is 3.31. The Bertz CT molecular complexity index is 609. The highest BCUT2D eigenvalue weighted by Crippen LogP contribution is 2.23. The first-order chi connectivity index (χ1) is 9.21. The largest absolute Gasteiger partial charge is 0.478 e. The Labute approximate surface area is 119 Å². The molecule has 0 aliphatic carbocycles. The van der Waals surface area contributed by atoms with Crippen LogP contribution in [-0.2, 0) is 14.8 Å². The van der Waals surface area contributed by atoms with Crippen molar-refractivity contribution in [1.82, 2.24) is 4.31 Å². The first-order valence-electron chi connectivity index (χ1n) is 6.01. The molecule has 0 aliphatic rings. The van der Waals surface area contributed by atoms with Crippen LogP contribution in [0.25, 0.3) is 0 Å². The molecule has 1 N–H and O–H groups in total. The van der Waals surface area contributed by atoms with Crippen molar-refractivity contribution in [3.05, 3.63) is 28.8 Å². The summed E-state index contributed by atoms with van der Waals surface area (Å²) in [5, 5.41) is 9.10. The summed E-state index contributed by atoms with van der Waals surface area (Å²) in [7, 11) is -0.800. The minimum absolute atomic E-state index is 0.00526. The number of ether oxygens (including phenoxy) is 1. The van der Waals surface area contributed by atoms with Gasteiger partial charge in [-0.2, -0.15) is 4.31 Å². The monoisotopic (exact) mass is 301 g/mol. The number of likely N-dealkylation sites (N-methyl/N-ethyl adjacent to an activating group) is 1. The van der Waals surface area contributed by atoms with E-state index in [1.165, 1.54) is 20.2 Å². The van der Waals surface area contributed by atoms with Gasteiger partial charge in [0.25, 0.3) is 0 Å². The van der Waals surface area contributed by atoms with Crippen LogP contribution in [-0.4, -0.2) is 51.1 Å². The van der Waals surface area contributed by atoms with Crippen LogP contribution in [0.15, 0.2) is 17.0 Å². The first-order valence-corrected chi connectivity index (χ1v) is 7.45. The van der Waals surface area contributed by atoms with Gasteiger partial charge in [-0.1, -0.05) is 6.07 Å². The second kappa shape index (κ2) is 6.34. The van der Waals surface area contributed by atoms with Crippen molar-refractivity contribution in [2.24, 2.45) is 0 Å². The molecular formula is C13H19NO5S. The van der Waals surface area contributed by atoms with Crippen LogP contribution < -0.4 is 0 Å². The Morgan fingerprint density at radius 3 is 2.40 bits per heavy atom. The fraction of sp³-hybridized carbons (Fsp3) is 0.462. The maximum absolute atomic E-state index is 12.4. The highest BCUT2D eigenvalue weighted by atomic mass is 32.2.